The van der Waals surface area contributed by atoms with Crippen molar-refractivity contribution >= 4 is 15.7 Å². The fraction of sp³-hybridized carbons (Fsp3) is 0.440. The molecule has 0 aliphatic carbocycles. The topological polar surface area (TPSA) is 139 Å². The number of aromatic nitrogens is 3. The first-order chi connectivity index (χ1) is 16.9. The number of hydrogen-bond acceptors (Lipinski definition) is 8. The molecule has 0 spiro atoms. The number of aliphatic hydroxyl groups excluding tert-OH is 1. The number of sulfonamides is 1. The number of benzene rings is 2. The van der Waals surface area contributed by atoms with Gasteiger partial charge in [0, 0.05) is 30.6 Å². The van der Waals surface area contributed by atoms with E-state index in [1.165, 1.54) is 12.1 Å². The Hall–Kier alpha value is -3.15. The lowest BCUT2D eigenvalue weighted by molar-refractivity contribution is 0.157. The molecule has 3 rings (SSSR count). The van der Waals surface area contributed by atoms with E-state index in [9.17, 15) is 18.6 Å². The maximum Gasteiger partial charge on any atom is 0.229 e. The van der Waals surface area contributed by atoms with Crippen molar-refractivity contribution in [2.24, 2.45) is 0 Å². The number of nitrogens with one attached hydrogen (secondary N) is 2. The van der Waals surface area contributed by atoms with Gasteiger partial charge in [-0.15, -0.1) is 0 Å². The second kappa shape index (κ2) is 11.3. The van der Waals surface area contributed by atoms with Crippen LogP contribution in [0, 0.1) is 0 Å². The summed E-state index contributed by atoms with van der Waals surface area (Å²) in [5.41, 5.74) is 1.10. The molecule has 1 heterocycles. The summed E-state index contributed by atoms with van der Waals surface area (Å²) in [7, 11) is -1.93. The minimum atomic E-state index is -3.56. The molecule has 1 atom stereocenters. The van der Waals surface area contributed by atoms with Gasteiger partial charge in [-0.25, -0.2) is 18.1 Å². The Balaban J connectivity index is 1.62. The van der Waals surface area contributed by atoms with Gasteiger partial charge in [0.15, 0.2) is 5.82 Å². The number of β-amino-alcohol motifs (C(OH)–C–C–N with tert-alkyl or cyclic N) is 1. The van der Waals surface area contributed by atoms with E-state index in [-0.39, 0.29) is 23.5 Å². The van der Waals surface area contributed by atoms with Gasteiger partial charge in [-0.1, -0.05) is 13.0 Å². The van der Waals surface area contributed by atoms with Crippen molar-refractivity contribution in [1.82, 2.24) is 20.1 Å². The van der Waals surface area contributed by atoms with Crippen LogP contribution in [0.2, 0.25) is 0 Å². The van der Waals surface area contributed by atoms with Crippen molar-refractivity contribution in [1.29, 1.82) is 0 Å². The minimum Gasteiger partial charge on any atom is -0.506 e. The predicted molar refractivity (Wildman–Crippen MR) is 140 cm³/mol. The predicted octanol–water partition coefficient (Wildman–Crippen LogP) is 3.09. The van der Waals surface area contributed by atoms with Crippen molar-refractivity contribution in [2.75, 3.05) is 24.6 Å². The number of phenols is 1. The van der Waals surface area contributed by atoms with Gasteiger partial charge >= 0.3 is 0 Å². The van der Waals surface area contributed by atoms with E-state index >= 15 is 0 Å². The maximum atomic E-state index is 11.5. The molecular weight excluding hydrogens is 482 g/mol. The largest absolute Gasteiger partial charge is 0.506 e. The molecular formula is C25H35N5O5S. The fourth-order valence-electron chi connectivity index (χ4n) is 3.68. The molecule has 3 aromatic rings. The third-order valence-corrected chi connectivity index (χ3v) is 6.43. The van der Waals surface area contributed by atoms with E-state index in [1.807, 2.05) is 49.7 Å². The molecule has 11 heteroatoms. The molecule has 1 unspecified atom stereocenters. The third kappa shape index (κ3) is 7.42. The molecule has 2 aromatic carbocycles. The molecule has 4 N–H and O–H groups in total. The third-order valence-electron chi connectivity index (χ3n) is 5.84. The summed E-state index contributed by atoms with van der Waals surface area (Å²) in [6.07, 6.45) is 1.58. The van der Waals surface area contributed by atoms with Crippen molar-refractivity contribution in [2.45, 2.75) is 51.8 Å². The number of nitrogens with zero attached hydrogens (tertiary/aromatic N) is 3. The number of aromatic hydroxyl groups is 1. The molecule has 0 bridgehead atoms. The van der Waals surface area contributed by atoms with Crippen LogP contribution in [0.25, 0.3) is 11.4 Å². The highest BCUT2D eigenvalue weighted by Crippen LogP contribution is 2.28. The zero-order valence-corrected chi connectivity index (χ0v) is 22.1. The van der Waals surface area contributed by atoms with Crippen LogP contribution in [0.5, 0.6) is 11.5 Å². The molecule has 1 aromatic heterocycles. The minimum absolute atomic E-state index is 0.0271. The number of aryl methyl sites for hydroxylation is 2. The molecule has 36 heavy (non-hydrogen) atoms. The summed E-state index contributed by atoms with van der Waals surface area (Å²) in [5.74, 6) is 2.13. The van der Waals surface area contributed by atoms with Gasteiger partial charge in [0.05, 0.1) is 25.2 Å². The summed E-state index contributed by atoms with van der Waals surface area (Å²) in [6, 6.07) is 12.0. The van der Waals surface area contributed by atoms with E-state index in [0.29, 0.717) is 17.9 Å². The van der Waals surface area contributed by atoms with Gasteiger partial charge in [-0.05, 0) is 62.2 Å². The second-order valence-corrected chi connectivity index (χ2v) is 11.1. The van der Waals surface area contributed by atoms with E-state index in [2.05, 4.69) is 10.0 Å². The van der Waals surface area contributed by atoms with Crippen molar-refractivity contribution in [3.05, 3.63) is 53.9 Å². The van der Waals surface area contributed by atoms with E-state index in [1.54, 1.807) is 13.2 Å². The van der Waals surface area contributed by atoms with Crippen LogP contribution < -0.4 is 14.8 Å². The number of aliphatic hydroxyl groups is 1. The fourth-order valence-corrected chi connectivity index (χ4v) is 4.25. The number of anilines is 1. The first-order valence-corrected chi connectivity index (χ1v) is 13.6. The highest BCUT2D eigenvalue weighted by molar-refractivity contribution is 7.92. The van der Waals surface area contributed by atoms with Crippen LogP contribution in [-0.4, -0.2) is 58.8 Å². The van der Waals surface area contributed by atoms with Gasteiger partial charge in [-0.3, -0.25) is 4.72 Å². The van der Waals surface area contributed by atoms with Gasteiger partial charge in [0.1, 0.15) is 17.3 Å². The Morgan fingerprint density at radius 2 is 1.86 bits per heavy atom. The van der Waals surface area contributed by atoms with Crippen LogP contribution >= 0.6 is 0 Å². The Morgan fingerprint density at radius 1 is 1.17 bits per heavy atom. The smallest absolute Gasteiger partial charge is 0.229 e. The molecule has 0 saturated carbocycles. The van der Waals surface area contributed by atoms with Crippen LogP contribution in [0.3, 0.4) is 0 Å². The Morgan fingerprint density at radius 3 is 2.47 bits per heavy atom. The summed E-state index contributed by atoms with van der Waals surface area (Å²) in [6.45, 7) is 7.01. The first kappa shape index (κ1) is 27.4. The molecule has 0 radical (unpaired) electrons. The number of hydrogen-bond donors (Lipinski definition) is 4. The lowest BCUT2D eigenvalue weighted by Gasteiger charge is -2.28. The van der Waals surface area contributed by atoms with Crippen molar-refractivity contribution in [3.8, 4) is 22.9 Å². The molecule has 0 aliphatic heterocycles. The molecule has 0 saturated heterocycles. The first-order valence-electron chi connectivity index (χ1n) is 11.7. The molecule has 10 nitrogen and oxygen atoms in total. The molecule has 196 valence electrons. The quantitative estimate of drug-likeness (QED) is 0.269. The van der Waals surface area contributed by atoms with E-state index in [0.717, 1.165) is 36.2 Å². The number of phenolic OH excluding ortho intramolecular Hbond substituents is 1. The Labute approximate surface area is 212 Å². The monoisotopic (exact) mass is 517 g/mol. The van der Waals surface area contributed by atoms with Crippen LogP contribution in [0.1, 0.15) is 44.7 Å². The van der Waals surface area contributed by atoms with Crippen molar-refractivity contribution < 1.29 is 23.4 Å². The van der Waals surface area contributed by atoms with E-state index < -0.39 is 16.1 Å². The number of ether oxygens (including phenoxy) is 1. The normalized spacial score (nSPS) is 12.9. The van der Waals surface area contributed by atoms with Crippen LogP contribution in [0.4, 0.5) is 5.69 Å². The number of rotatable bonds is 12. The maximum absolute atomic E-state index is 11.5. The Kier molecular flexibility index (Phi) is 8.59. The van der Waals surface area contributed by atoms with Crippen LogP contribution in [0.15, 0.2) is 42.5 Å². The Bertz CT molecular complexity index is 1270. The van der Waals surface area contributed by atoms with Gasteiger partial charge in [0.2, 0.25) is 10.0 Å². The molecule has 0 fully saturated rings. The zero-order chi connectivity index (χ0) is 26.5. The highest BCUT2D eigenvalue weighted by Gasteiger charge is 2.21. The SMILES string of the molecule is CCc1nc(-c2ccc(OC)cc2)nn1CCC(C)(C)NCC(O)c1ccc(O)c(NS(C)(=O)=O)c1. The molecule has 0 aliphatic rings. The standard InChI is InChI=1S/C25H35N5O5S/c1-6-23-27-24(17-7-10-19(35-4)11-8-17)28-30(23)14-13-25(2,3)26-16-22(32)18-9-12-21(31)20(15-18)29-36(5,33)34/h7-12,15,22,26,29,31-32H,6,13-14,16H2,1-5H3. The van der Waals surface area contributed by atoms with Crippen LogP contribution in [-0.2, 0) is 23.0 Å². The summed E-state index contributed by atoms with van der Waals surface area (Å²) in [5, 5.41) is 28.7. The second-order valence-electron chi connectivity index (χ2n) is 9.34. The van der Waals surface area contributed by atoms with Gasteiger partial charge in [-0.2, -0.15) is 5.10 Å². The summed E-state index contributed by atoms with van der Waals surface area (Å²) in [4.78, 5) is 4.69. The van der Waals surface area contributed by atoms with Crippen molar-refractivity contribution in [3.63, 3.8) is 0 Å². The zero-order valence-electron chi connectivity index (χ0n) is 21.3. The van der Waals surface area contributed by atoms with Gasteiger partial charge in [0.25, 0.3) is 0 Å². The summed E-state index contributed by atoms with van der Waals surface area (Å²) < 4.78 is 32.4. The average molecular weight is 518 g/mol. The summed E-state index contributed by atoms with van der Waals surface area (Å²) >= 11 is 0. The van der Waals surface area contributed by atoms with Gasteiger partial charge < -0.3 is 20.3 Å². The number of methoxy groups -OCH3 is 1. The lowest BCUT2D eigenvalue weighted by atomic mass is 9.99. The van der Waals surface area contributed by atoms with E-state index in [4.69, 9.17) is 14.8 Å². The average Bonchev–Trinajstić information content (AvgIpc) is 3.25. The highest BCUT2D eigenvalue weighted by atomic mass is 32.2. The lowest BCUT2D eigenvalue weighted by Crippen LogP contribution is -2.42. The molecule has 0 amide bonds.